The van der Waals surface area contributed by atoms with Gasteiger partial charge in [0.2, 0.25) is 0 Å². The summed E-state index contributed by atoms with van der Waals surface area (Å²) in [6, 6.07) is 5.15. The molecule has 0 spiro atoms. The van der Waals surface area contributed by atoms with Gasteiger partial charge in [0.25, 0.3) is 0 Å². The van der Waals surface area contributed by atoms with Crippen LogP contribution in [0.1, 0.15) is 13.3 Å². The van der Waals surface area contributed by atoms with E-state index in [-0.39, 0.29) is 0 Å². The molecular formula is C12H14Cl2O3. The lowest BCUT2D eigenvalue weighted by Gasteiger charge is -2.22. The first kappa shape index (κ1) is 13.0. The van der Waals surface area contributed by atoms with Crippen LogP contribution in [0.25, 0.3) is 0 Å². The molecule has 1 aliphatic heterocycles. The SMILES string of the molecule is CC1(CCOc2ccc(Cl)cc2Cl)OCCO1. The average Bonchev–Trinajstić information content (AvgIpc) is 2.69. The maximum atomic E-state index is 5.99. The Morgan fingerprint density at radius 2 is 2.00 bits per heavy atom. The second kappa shape index (κ2) is 5.44. The van der Waals surface area contributed by atoms with Crippen molar-refractivity contribution in [3.05, 3.63) is 28.2 Å². The number of hydrogen-bond acceptors (Lipinski definition) is 3. The summed E-state index contributed by atoms with van der Waals surface area (Å²) >= 11 is 11.8. The normalized spacial score (nSPS) is 18.3. The third kappa shape index (κ3) is 3.49. The number of benzene rings is 1. The highest BCUT2D eigenvalue weighted by Crippen LogP contribution is 2.29. The van der Waals surface area contributed by atoms with Crippen LogP contribution in [0.4, 0.5) is 0 Å². The lowest BCUT2D eigenvalue weighted by molar-refractivity contribution is -0.150. The first-order valence-electron chi connectivity index (χ1n) is 5.45. The van der Waals surface area contributed by atoms with E-state index in [1.54, 1.807) is 18.2 Å². The van der Waals surface area contributed by atoms with Crippen molar-refractivity contribution in [3.8, 4) is 5.75 Å². The molecule has 17 heavy (non-hydrogen) atoms. The Kier molecular flexibility index (Phi) is 4.15. The third-order valence-corrected chi connectivity index (χ3v) is 3.14. The highest BCUT2D eigenvalue weighted by molar-refractivity contribution is 6.35. The second-order valence-electron chi connectivity index (χ2n) is 4.00. The van der Waals surface area contributed by atoms with Crippen LogP contribution in [0.15, 0.2) is 18.2 Å². The Morgan fingerprint density at radius 1 is 1.29 bits per heavy atom. The van der Waals surface area contributed by atoms with Gasteiger partial charge in [-0.25, -0.2) is 0 Å². The van der Waals surface area contributed by atoms with Crippen LogP contribution in [0.3, 0.4) is 0 Å². The molecule has 2 rings (SSSR count). The van der Waals surface area contributed by atoms with Crippen LogP contribution < -0.4 is 4.74 Å². The minimum atomic E-state index is -0.529. The van der Waals surface area contributed by atoms with Crippen LogP contribution in [0.5, 0.6) is 5.75 Å². The Bertz CT molecular complexity index is 389. The summed E-state index contributed by atoms with van der Waals surface area (Å²) < 4.78 is 16.5. The monoisotopic (exact) mass is 276 g/mol. The standard InChI is InChI=1S/C12H14Cl2O3/c1-12(16-6-7-17-12)4-5-15-11-3-2-9(13)8-10(11)14/h2-3,8H,4-7H2,1H3. The van der Waals surface area contributed by atoms with Gasteiger partial charge in [0.1, 0.15) is 5.75 Å². The van der Waals surface area contributed by atoms with Gasteiger partial charge in [-0.15, -0.1) is 0 Å². The topological polar surface area (TPSA) is 27.7 Å². The summed E-state index contributed by atoms with van der Waals surface area (Å²) in [7, 11) is 0. The van der Waals surface area contributed by atoms with Gasteiger partial charge in [-0.05, 0) is 25.1 Å². The summed E-state index contributed by atoms with van der Waals surface area (Å²) in [6.45, 7) is 3.67. The smallest absolute Gasteiger partial charge is 0.168 e. The van der Waals surface area contributed by atoms with Crippen molar-refractivity contribution in [2.45, 2.75) is 19.1 Å². The van der Waals surface area contributed by atoms with Gasteiger partial charge in [-0.2, -0.15) is 0 Å². The van der Waals surface area contributed by atoms with E-state index < -0.39 is 5.79 Å². The fraction of sp³-hybridized carbons (Fsp3) is 0.500. The third-order valence-electron chi connectivity index (χ3n) is 2.61. The fourth-order valence-electron chi connectivity index (χ4n) is 1.64. The molecule has 1 saturated heterocycles. The van der Waals surface area contributed by atoms with Crippen LogP contribution in [-0.4, -0.2) is 25.6 Å². The molecule has 0 unspecified atom stereocenters. The summed E-state index contributed by atoms with van der Waals surface area (Å²) in [5.74, 6) is 0.0940. The molecule has 1 aromatic rings. The van der Waals surface area contributed by atoms with Gasteiger partial charge in [-0.3, -0.25) is 0 Å². The number of rotatable bonds is 4. The van der Waals surface area contributed by atoms with E-state index in [2.05, 4.69) is 0 Å². The molecule has 0 aliphatic carbocycles. The number of ether oxygens (including phenoxy) is 3. The van der Waals surface area contributed by atoms with Crippen molar-refractivity contribution in [2.24, 2.45) is 0 Å². The van der Waals surface area contributed by atoms with Gasteiger partial charge in [0.05, 0.1) is 24.8 Å². The quantitative estimate of drug-likeness (QED) is 0.842. The van der Waals surface area contributed by atoms with Crippen LogP contribution >= 0.6 is 23.2 Å². The zero-order valence-electron chi connectivity index (χ0n) is 9.54. The van der Waals surface area contributed by atoms with Crippen LogP contribution in [-0.2, 0) is 9.47 Å². The summed E-state index contributed by atoms with van der Waals surface area (Å²) in [5.41, 5.74) is 0. The molecule has 0 aromatic heterocycles. The van der Waals surface area contributed by atoms with Crippen molar-refractivity contribution < 1.29 is 14.2 Å². The minimum absolute atomic E-state index is 0.484. The molecule has 1 heterocycles. The van der Waals surface area contributed by atoms with E-state index >= 15 is 0 Å². The lowest BCUT2D eigenvalue weighted by atomic mass is 10.2. The predicted octanol–water partition coefficient (Wildman–Crippen LogP) is 3.53. The lowest BCUT2D eigenvalue weighted by Crippen LogP contribution is -2.27. The van der Waals surface area contributed by atoms with Gasteiger partial charge >= 0.3 is 0 Å². The van der Waals surface area contributed by atoms with E-state index in [9.17, 15) is 0 Å². The molecule has 0 N–H and O–H groups in total. The van der Waals surface area contributed by atoms with Crippen molar-refractivity contribution in [3.63, 3.8) is 0 Å². The molecule has 94 valence electrons. The van der Waals surface area contributed by atoms with Crippen molar-refractivity contribution in [2.75, 3.05) is 19.8 Å². The molecule has 3 nitrogen and oxygen atoms in total. The van der Waals surface area contributed by atoms with E-state index in [1.165, 1.54) is 0 Å². The van der Waals surface area contributed by atoms with E-state index in [1.807, 2.05) is 6.92 Å². The molecule has 1 aliphatic rings. The summed E-state index contributed by atoms with van der Waals surface area (Å²) in [5, 5.41) is 1.10. The Labute approximate surface area is 111 Å². The Hall–Kier alpha value is -0.480. The van der Waals surface area contributed by atoms with Crippen molar-refractivity contribution in [1.82, 2.24) is 0 Å². The van der Waals surface area contributed by atoms with Gasteiger partial charge in [-0.1, -0.05) is 23.2 Å². The van der Waals surface area contributed by atoms with Crippen LogP contribution in [0, 0.1) is 0 Å². The average molecular weight is 277 g/mol. The second-order valence-corrected chi connectivity index (χ2v) is 4.85. The van der Waals surface area contributed by atoms with E-state index in [0.717, 1.165) is 0 Å². The molecule has 1 fully saturated rings. The maximum absolute atomic E-state index is 5.99. The molecule has 0 amide bonds. The van der Waals surface area contributed by atoms with Gasteiger partial charge < -0.3 is 14.2 Å². The highest BCUT2D eigenvalue weighted by atomic mass is 35.5. The maximum Gasteiger partial charge on any atom is 0.168 e. The Morgan fingerprint density at radius 3 is 2.65 bits per heavy atom. The zero-order valence-corrected chi connectivity index (χ0v) is 11.1. The highest BCUT2D eigenvalue weighted by Gasteiger charge is 2.30. The fourth-order valence-corrected chi connectivity index (χ4v) is 2.10. The minimum Gasteiger partial charge on any atom is -0.492 e. The zero-order chi connectivity index (χ0) is 12.3. The predicted molar refractivity (Wildman–Crippen MR) is 66.9 cm³/mol. The molecule has 0 atom stereocenters. The molecule has 0 radical (unpaired) electrons. The largest absolute Gasteiger partial charge is 0.492 e. The molecule has 0 saturated carbocycles. The molecule has 5 heteroatoms. The van der Waals surface area contributed by atoms with Crippen LogP contribution in [0.2, 0.25) is 10.0 Å². The molecular weight excluding hydrogens is 263 g/mol. The Balaban J connectivity index is 1.85. The summed E-state index contributed by atoms with van der Waals surface area (Å²) in [4.78, 5) is 0. The van der Waals surface area contributed by atoms with E-state index in [4.69, 9.17) is 37.4 Å². The number of hydrogen-bond donors (Lipinski definition) is 0. The summed E-state index contributed by atoms with van der Waals surface area (Å²) in [6.07, 6.45) is 0.659. The first-order valence-corrected chi connectivity index (χ1v) is 6.20. The molecule has 0 bridgehead atoms. The van der Waals surface area contributed by atoms with E-state index in [0.29, 0.717) is 42.0 Å². The number of halogens is 2. The van der Waals surface area contributed by atoms with Crippen molar-refractivity contribution in [1.29, 1.82) is 0 Å². The van der Waals surface area contributed by atoms with Crippen molar-refractivity contribution >= 4 is 23.2 Å². The van der Waals surface area contributed by atoms with Gasteiger partial charge in [0, 0.05) is 11.4 Å². The molecule has 1 aromatic carbocycles. The first-order chi connectivity index (χ1) is 8.09. The van der Waals surface area contributed by atoms with Gasteiger partial charge in [0.15, 0.2) is 5.79 Å².